The molecule has 0 unspecified atom stereocenters. The van der Waals surface area contributed by atoms with Crippen molar-refractivity contribution < 1.29 is 29.3 Å². The number of methoxy groups -OCH3 is 2. The van der Waals surface area contributed by atoms with E-state index in [9.17, 15) is 19.8 Å². The summed E-state index contributed by atoms with van der Waals surface area (Å²) in [6.45, 7) is 4.50. The molecule has 0 aliphatic heterocycles. The maximum atomic E-state index is 11.1. The maximum absolute atomic E-state index is 11.1. The molecule has 2 aromatic rings. The second-order valence-corrected chi connectivity index (χ2v) is 12.4. The molecule has 47 heavy (non-hydrogen) atoms. The number of hydrogen-bond acceptors (Lipinski definition) is 6. The molecule has 6 nitrogen and oxygen atoms in total. The topological polar surface area (TPSA) is 98.7 Å². The Bertz CT molecular complexity index is 1000. The van der Waals surface area contributed by atoms with E-state index in [-0.39, 0.29) is 48.9 Å². The largest absolute Gasteiger partial charge is 2.00 e. The minimum Gasteiger partial charge on any atom is -0.545 e. The van der Waals surface area contributed by atoms with Crippen LogP contribution in [0.3, 0.4) is 0 Å². The molecule has 0 aliphatic carbocycles. The average Bonchev–Trinajstić information content (AvgIpc) is 3.06. The Hall–Kier alpha value is -1.76. The zero-order valence-corrected chi connectivity index (χ0v) is 32.4. The van der Waals surface area contributed by atoms with Crippen molar-refractivity contribution in [1.29, 1.82) is 0 Å². The number of rotatable bonds is 26. The van der Waals surface area contributed by atoms with E-state index in [1.54, 1.807) is 12.1 Å². The van der Waals surface area contributed by atoms with Gasteiger partial charge in [0.1, 0.15) is 11.5 Å². The molecule has 2 rings (SSSR count). The predicted molar refractivity (Wildman–Crippen MR) is 191 cm³/mol. The fraction of sp³-hybridized carbons (Fsp3) is 0.650. The first-order valence-electron chi connectivity index (χ1n) is 18.2. The molecular weight excluding hydrogens is 617 g/mol. The van der Waals surface area contributed by atoms with Crippen LogP contribution in [-0.4, -0.2) is 63.9 Å². The van der Waals surface area contributed by atoms with Crippen LogP contribution >= 0.6 is 0 Å². The van der Waals surface area contributed by atoms with Gasteiger partial charge in [-0.3, -0.25) is 0 Å². The number of benzene rings is 2. The van der Waals surface area contributed by atoms with E-state index in [1.165, 1.54) is 142 Å². The van der Waals surface area contributed by atoms with Gasteiger partial charge in [0, 0.05) is 11.1 Å². The smallest absolute Gasteiger partial charge is 0.545 e. The van der Waals surface area contributed by atoms with Gasteiger partial charge in [0.25, 0.3) is 0 Å². The Balaban J connectivity index is 0.000000882. The number of carbonyl (C=O) groups is 2. The summed E-state index contributed by atoms with van der Waals surface area (Å²) >= 11 is 0. The molecule has 2 aromatic carbocycles. The van der Waals surface area contributed by atoms with E-state index in [2.05, 4.69) is 13.8 Å². The van der Waals surface area contributed by atoms with Crippen LogP contribution in [0.2, 0.25) is 0 Å². The van der Waals surface area contributed by atoms with E-state index in [0.29, 0.717) is 11.5 Å². The molecule has 0 atom stereocenters. The molecule has 0 saturated heterocycles. The molecule has 0 bridgehead atoms. The summed E-state index contributed by atoms with van der Waals surface area (Å²) in [5, 5.41) is 22.2. The second-order valence-electron chi connectivity index (χ2n) is 12.4. The van der Waals surface area contributed by atoms with Gasteiger partial charge in [-0.1, -0.05) is 154 Å². The standard InChI is InChI=1S/2C20H32O3.Ca/c2*1-3-4-5-6-7-8-9-10-11-12-14-17-15-13-16-18(20(21)22)19(17)23-2;/h2*13,15-16H,3-12,14H2,1-2H3,(H,21,22);/q;;+2/p-2. The van der Waals surface area contributed by atoms with Crippen molar-refractivity contribution in [2.45, 2.75) is 155 Å². The number of carbonyl (C=O) groups excluding carboxylic acids is 2. The van der Waals surface area contributed by atoms with Crippen molar-refractivity contribution in [2.24, 2.45) is 0 Å². The normalized spacial score (nSPS) is 10.5. The van der Waals surface area contributed by atoms with Crippen LogP contribution in [-0.2, 0) is 12.8 Å². The third-order valence-electron chi connectivity index (χ3n) is 8.64. The van der Waals surface area contributed by atoms with E-state index >= 15 is 0 Å². The van der Waals surface area contributed by atoms with Crippen LogP contribution < -0.4 is 19.7 Å². The van der Waals surface area contributed by atoms with Crippen LogP contribution in [0.5, 0.6) is 11.5 Å². The number of aryl methyl sites for hydroxylation is 2. The molecule has 0 N–H and O–H groups in total. The molecule has 0 aliphatic rings. The number of carboxylic acid groups (broad SMARTS) is 2. The summed E-state index contributed by atoms with van der Waals surface area (Å²) in [4.78, 5) is 22.2. The number of para-hydroxylation sites is 2. The van der Waals surface area contributed by atoms with Gasteiger partial charge >= 0.3 is 37.7 Å². The van der Waals surface area contributed by atoms with Crippen LogP contribution in [0, 0.1) is 0 Å². The Morgan fingerprint density at radius 1 is 0.489 bits per heavy atom. The molecule has 260 valence electrons. The molecule has 0 fully saturated rings. The summed E-state index contributed by atoms with van der Waals surface area (Å²) in [6, 6.07) is 10.5. The number of hydrogen-bond donors (Lipinski definition) is 0. The SMILES string of the molecule is CCCCCCCCCCCCc1cccc(C(=O)[O-])c1OC.CCCCCCCCCCCCc1cccc(C(=O)[O-])c1OC.[Ca+2]. The third-order valence-corrected chi connectivity index (χ3v) is 8.64. The Labute approximate surface area is 316 Å². The van der Waals surface area contributed by atoms with Crippen molar-refractivity contribution in [1.82, 2.24) is 0 Å². The number of aromatic carboxylic acids is 2. The maximum Gasteiger partial charge on any atom is 2.00 e. The third kappa shape index (κ3) is 20.4. The predicted octanol–water partition coefficient (Wildman–Crippen LogP) is 8.66. The van der Waals surface area contributed by atoms with Crippen LogP contribution in [0.4, 0.5) is 0 Å². The van der Waals surface area contributed by atoms with Crippen LogP contribution in [0.15, 0.2) is 36.4 Å². The van der Waals surface area contributed by atoms with Gasteiger partial charge < -0.3 is 29.3 Å². The van der Waals surface area contributed by atoms with Crippen LogP contribution in [0.25, 0.3) is 0 Å². The molecule has 0 aromatic heterocycles. The van der Waals surface area contributed by atoms with Gasteiger partial charge in [0.2, 0.25) is 0 Å². The van der Waals surface area contributed by atoms with Crippen molar-refractivity contribution in [3.05, 3.63) is 58.7 Å². The minimum absolute atomic E-state index is 0. The Morgan fingerprint density at radius 2 is 0.766 bits per heavy atom. The quantitative estimate of drug-likeness (QED) is 0.0730. The molecule has 0 heterocycles. The summed E-state index contributed by atoms with van der Waals surface area (Å²) in [6.07, 6.45) is 27.7. The van der Waals surface area contributed by atoms with Gasteiger partial charge in [-0.15, -0.1) is 0 Å². The number of carboxylic acids is 2. The zero-order valence-electron chi connectivity index (χ0n) is 30.2. The first-order chi connectivity index (χ1) is 22.4. The summed E-state index contributed by atoms with van der Waals surface area (Å²) in [7, 11) is 3.04. The van der Waals surface area contributed by atoms with Crippen molar-refractivity contribution >= 4 is 49.7 Å². The van der Waals surface area contributed by atoms with Gasteiger partial charge in [0.05, 0.1) is 26.2 Å². The second kappa shape index (κ2) is 30.3. The first-order valence-corrected chi connectivity index (χ1v) is 18.2. The molecule has 0 radical (unpaired) electrons. The number of ether oxygens (including phenoxy) is 2. The molecule has 0 spiro atoms. The van der Waals surface area contributed by atoms with E-state index in [0.717, 1.165) is 36.8 Å². The van der Waals surface area contributed by atoms with E-state index < -0.39 is 11.9 Å². The zero-order chi connectivity index (χ0) is 33.8. The first kappa shape index (κ1) is 45.2. The molecule has 7 heteroatoms. The Kier molecular flexibility index (Phi) is 29.2. The van der Waals surface area contributed by atoms with Crippen molar-refractivity contribution in [3.63, 3.8) is 0 Å². The van der Waals surface area contributed by atoms with Crippen molar-refractivity contribution in [3.8, 4) is 11.5 Å². The molecule has 0 amide bonds. The van der Waals surface area contributed by atoms with Gasteiger partial charge in [-0.05, 0) is 48.9 Å². The summed E-state index contributed by atoms with van der Waals surface area (Å²) in [5.74, 6) is -1.43. The van der Waals surface area contributed by atoms with Crippen LogP contribution in [0.1, 0.15) is 174 Å². The summed E-state index contributed by atoms with van der Waals surface area (Å²) in [5.41, 5.74) is 2.23. The fourth-order valence-corrected chi connectivity index (χ4v) is 5.97. The fourth-order valence-electron chi connectivity index (χ4n) is 5.97. The minimum atomic E-state index is -1.17. The number of unbranched alkanes of at least 4 members (excludes halogenated alkanes) is 18. The van der Waals surface area contributed by atoms with E-state index in [1.807, 2.05) is 12.1 Å². The van der Waals surface area contributed by atoms with Crippen molar-refractivity contribution in [2.75, 3.05) is 14.2 Å². The van der Waals surface area contributed by atoms with Gasteiger partial charge in [-0.2, -0.15) is 0 Å². The van der Waals surface area contributed by atoms with Gasteiger partial charge in [-0.25, -0.2) is 0 Å². The van der Waals surface area contributed by atoms with E-state index in [4.69, 9.17) is 9.47 Å². The monoisotopic (exact) mass is 678 g/mol. The Morgan fingerprint density at radius 3 is 1.02 bits per heavy atom. The molecular formula is C40H62CaO6. The average molecular weight is 679 g/mol. The molecule has 0 saturated carbocycles. The van der Waals surface area contributed by atoms with Gasteiger partial charge in [0.15, 0.2) is 0 Å². The summed E-state index contributed by atoms with van der Waals surface area (Å²) < 4.78 is 10.5.